The van der Waals surface area contributed by atoms with Crippen LogP contribution in [0.1, 0.15) is 11.6 Å². The molecule has 112 valence electrons. The molecule has 2 unspecified atom stereocenters. The summed E-state index contributed by atoms with van der Waals surface area (Å²) in [7, 11) is 2.45. The topological polar surface area (TPSA) is 38.3 Å². The number of nitrogens with one attached hydrogen (secondary N) is 1. The van der Waals surface area contributed by atoms with Gasteiger partial charge in [-0.25, -0.2) is 0 Å². The smallest absolute Gasteiger partial charge is 0.123 e. The number of para-hydroxylation sites is 1. The molecule has 3 nitrogen and oxygen atoms in total. The van der Waals surface area contributed by atoms with Gasteiger partial charge in [0.25, 0.3) is 0 Å². The average Bonchev–Trinajstić information content (AvgIpc) is 2.53. The van der Waals surface area contributed by atoms with Gasteiger partial charge in [-0.1, -0.05) is 34.1 Å². The molecule has 1 N–H and O–H groups in total. The fourth-order valence-corrected chi connectivity index (χ4v) is 3.66. The van der Waals surface area contributed by atoms with E-state index in [4.69, 9.17) is 4.74 Å². The lowest BCUT2D eigenvalue weighted by Crippen LogP contribution is -2.23. The Morgan fingerprint density at radius 3 is 2.48 bits per heavy atom. The van der Waals surface area contributed by atoms with Crippen molar-refractivity contribution in [3.63, 3.8) is 0 Å². The maximum Gasteiger partial charge on any atom is 0.123 e. The Bertz CT molecular complexity index is 616. The predicted molar refractivity (Wildman–Crippen MR) is 90.2 cm³/mol. The van der Waals surface area contributed by atoms with Crippen LogP contribution in [0.5, 0.6) is 5.75 Å². The van der Waals surface area contributed by atoms with Gasteiger partial charge < -0.3 is 10.1 Å². The van der Waals surface area contributed by atoms with E-state index in [0.29, 0.717) is 5.75 Å². The second-order valence-electron chi connectivity index (χ2n) is 4.55. The Balaban J connectivity index is 2.19. The zero-order valence-corrected chi connectivity index (χ0v) is 14.4. The van der Waals surface area contributed by atoms with Crippen molar-refractivity contribution in [1.82, 2.24) is 5.32 Å². The van der Waals surface area contributed by atoms with Crippen molar-refractivity contribution in [2.24, 2.45) is 0 Å². The molecule has 0 aliphatic carbocycles. The molecule has 0 fully saturated rings. The molecular formula is C16H18BrNO2S. The van der Waals surface area contributed by atoms with Gasteiger partial charge in [-0.3, -0.25) is 4.21 Å². The number of halogens is 1. The van der Waals surface area contributed by atoms with Crippen molar-refractivity contribution < 1.29 is 8.95 Å². The Labute approximate surface area is 136 Å². The Kier molecular flexibility index (Phi) is 5.96. The van der Waals surface area contributed by atoms with Gasteiger partial charge in [0.1, 0.15) is 5.75 Å². The Hall–Kier alpha value is -1.17. The van der Waals surface area contributed by atoms with Crippen LogP contribution in [0.15, 0.2) is 57.9 Å². The summed E-state index contributed by atoms with van der Waals surface area (Å²) >= 11 is 3.39. The Morgan fingerprint density at radius 2 is 1.86 bits per heavy atom. The maximum atomic E-state index is 12.5. The fourth-order valence-electron chi connectivity index (χ4n) is 2.12. The first-order valence-corrected chi connectivity index (χ1v) is 8.71. The fraction of sp³-hybridized carbons (Fsp3) is 0.250. The number of ether oxygens (including phenoxy) is 1. The molecule has 0 radical (unpaired) electrons. The summed E-state index contributed by atoms with van der Waals surface area (Å²) in [5.74, 6) is 1.31. The highest BCUT2D eigenvalue weighted by Gasteiger charge is 2.17. The minimum atomic E-state index is -1.07. The zero-order valence-electron chi connectivity index (χ0n) is 12.0. The first-order valence-electron chi connectivity index (χ1n) is 6.60. The van der Waals surface area contributed by atoms with Gasteiger partial charge in [-0.2, -0.15) is 0 Å². The first-order chi connectivity index (χ1) is 10.2. The number of hydrogen-bond donors (Lipinski definition) is 1. The first kappa shape index (κ1) is 16.2. The lowest BCUT2D eigenvalue weighted by molar-refractivity contribution is 0.404. The van der Waals surface area contributed by atoms with E-state index in [2.05, 4.69) is 21.2 Å². The van der Waals surface area contributed by atoms with Crippen molar-refractivity contribution in [3.8, 4) is 5.75 Å². The van der Waals surface area contributed by atoms with Gasteiger partial charge in [0.05, 0.1) is 17.9 Å². The number of hydrogen-bond acceptors (Lipinski definition) is 3. The molecule has 0 aromatic heterocycles. The lowest BCUT2D eigenvalue weighted by Gasteiger charge is -2.19. The van der Waals surface area contributed by atoms with Gasteiger partial charge in [0.15, 0.2) is 0 Å². The van der Waals surface area contributed by atoms with Crippen molar-refractivity contribution in [3.05, 3.63) is 58.6 Å². The number of benzene rings is 2. The Morgan fingerprint density at radius 1 is 1.19 bits per heavy atom. The SMILES string of the molecule is CNC(CS(=O)c1ccc(Br)cc1)c1ccccc1OC. The van der Waals surface area contributed by atoms with E-state index in [-0.39, 0.29) is 6.04 Å². The molecular weight excluding hydrogens is 350 g/mol. The van der Waals surface area contributed by atoms with Crippen LogP contribution in [-0.2, 0) is 10.8 Å². The van der Waals surface area contributed by atoms with E-state index in [0.717, 1.165) is 20.7 Å². The summed E-state index contributed by atoms with van der Waals surface area (Å²) in [6, 6.07) is 15.4. The van der Waals surface area contributed by atoms with Gasteiger partial charge in [0, 0.05) is 26.7 Å². The minimum Gasteiger partial charge on any atom is -0.496 e. The highest BCUT2D eigenvalue weighted by molar-refractivity contribution is 9.10. The summed E-state index contributed by atoms with van der Waals surface area (Å²) in [6.45, 7) is 0. The van der Waals surface area contributed by atoms with Crippen LogP contribution < -0.4 is 10.1 Å². The van der Waals surface area contributed by atoms with Crippen molar-refractivity contribution in [2.45, 2.75) is 10.9 Å². The summed E-state index contributed by atoms with van der Waals surface area (Å²) < 4.78 is 18.9. The molecule has 2 atom stereocenters. The molecule has 0 bridgehead atoms. The normalized spacial score (nSPS) is 13.7. The van der Waals surface area contributed by atoms with Gasteiger partial charge in [-0.05, 0) is 37.4 Å². The molecule has 0 aliphatic heterocycles. The molecule has 0 amide bonds. The van der Waals surface area contributed by atoms with E-state index >= 15 is 0 Å². The minimum absolute atomic E-state index is 0.0226. The quantitative estimate of drug-likeness (QED) is 0.848. The molecule has 0 saturated heterocycles. The highest BCUT2D eigenvalue weighted by atomic mass is 79.9. The molecule has 0 heterocycles. The molecule has 0 spiro atoms. The van der Waals surface area contributed by atoms with Crippen molar-refractivity contribution >= 4 is 26.7 Å². The van der Waals surface area contributed by atoms with Gasteiger partial charge in [0.2, 0.25) is 0 Å². The van der Waals surface area contributed by atoms with Crippen LogP contribution in [0.4, 0.5) is 0 Å². The predicted octanol–water partition coefficient (Wildman–Crippen LogP) is 3.53. The van der Waals surface area contributed by atoms with Crippen molar-refractivity contribution in [1.29, 1.82) is 0 Å². The zero-order chi connectivity index (χ0) is 15.2. The standard InChI is InChI=1S/C16H18BrNO2S/c1-18-15(14-5-3-4-6-16(14)20-2)11-21(19)13-9-7-12(17)8-10-13/h3-10,15,18H,11H2,1-2H3. The van der Waals surface area contributed by atoms with Crippen LogP contribution in [0.3, 0.4) is 0 Å². The molecule has 5 heteroatoms. The van der Waals surface area contributed by atoms with E-state index in [1.54, 1.807) is 7.11 Å². The lowest BCUT2D eigenvalue weighted by atomic mass is 10.1. The summed E-state index contributed by atoms with van der Waals surface area (Å²) in [5.41, 5.74) is 1.02. The monoisotopic (exact) mass is 367 g/mol. The van der Waals surface area contributed by atoms with E-state index < -0.39 is 10.8 Å². The summed E-state index contributed by atoms with van der Waals surface area (Å²) in [4.78, 5) is 0.827. The van der Waals surface area contributed by atoms with Crippen molar-refractivity contribution in [2.75, 3.05) is 19.9 Å². The number of methoxy groups -OCH3 is 1. The van der Waals surface area contributed by atoms with Gasteiger partial charge >= 0.3 is 0 Å². The van der Waals surface area contributed by atoms with E-state index in [9.17, 15) is 4.21 Å². The van der Waals surface area contributed by atoms with Crippen LogP contribution in [0, 0.1) is 0 Å². The second-order valence-corrected chi connectivity index (χ2v) is 6.96. The van der Waals surface area contributed by atoms with E-state index in [1.807, 2.05) is 55.6 Å². The molecule has 2 aromatic carbocycles. The third-order valence-electron chi connectivity index (χ3n) is 3.26. The van der Waals surface area contributed by atoms with Gasteiger partial charge in [-0.15, -0.1) is 0 Å². The molecule has 0 aliphatic rings. The van der Waals surface area contributed by atoms with Crippen LogP contribution in [0.25, 0.3) is 0 Å². The molecule has 21 heavy (non-hydrogen) atoms. The number of rotatable bonds is 6. The van der Waals surface area contributed by atoms with E-state index in [1.165, 1.54) is 0 Å². The summed E-state index contributed by atoms with van der Waals surface area (Å²) in [5, 5.41) is 3.22. The largest absolute Gasteiger partial charge is 0.496 e. The maximum absolute atomic E-state index is 12.5. The second kappa shape index (κ2) is 7.73. The summed E-state index contributed by atoms with van der Waals surface area (Å²) in [6.07, 6.45) is 0. The van der Waals surface area contributed by atoms with Crippen LogP contribution >= 0.6 is 15.9 Å². The third kappa shape index (κ3) is 4.15. The highest BCUT2D eigenvalue weighted by Crippen LogP contribution is 2.26. The molecule has 2 aromatic rings. The van der Waals surface area contributed by atoms with Crippen LogP contribution in [0.2, 0.25) is 0 Å². The molecule has 0 saturated carbocycles. The third-order valence-corrected chi connectivity index (χ3v) is 5.22. The average molecular weight is 368 g/mol. The molecule has 2 rings (SSSR count). The van der Waals surface area contributed by atoms with Crippen LogP contribution in [-0.4, -0.2) is 24.1 Å².